The van der Waals surface area contributed by atoms with Crippen molar-refractivity contribution in [3.63, 3.8) is 0 Å². The molecule has 0 fully saturated rings. The summed E-state index contributed by atoms with van der Waals surface area (Å²) in [5.41, 5.74) is 0. The van der Waals surface area contributed by atoms with Gasteiger partial charge < -0.3 is 65.3 Å². The van der Waals surface area contributed by atoms with E-state index >= 15 is 0 Å². The van der Waals surface area contributed by atoms with Gasteiger partial charge in [0.15, 0.2) is 0 Å². The molecule has 0 unspecified atom stereocenters. The van der Waals surface area contributed by atoms with E-state index in [9.17, 15) is 0 Å². The molecule has 0 aromatic heterocycles. The Hall–Kier alpha value is 3.53. The van der Waals surface area contributed by atoms with Crippen LogP contribution in [0.1, 0.15) is 1.43 Å². The minimum absolute atomic E-state index is 0. The van der Waals surface area contributed by atoms with E-state index in [1.165, 1.54) is 0 Å². The number of hydrogen-bond acceptors (Lipinski definition) is 4. The molecular weight excluding hydrogens is 359 g/mol. The zero-order valence-corrected chi connectivity index (χ0v) is 19.9. The molecule has 0 aromatic rings. The molecule has 0 aliphatic heterocycles. The largest absolute Gasteiger partial charge is 1.00 e. The average molecular weight is 384 g/mol. The van der Waals surface area contributed by atoms with E-state index in [0.717, 1.165) is 0 Å². The Bertz CT molecular complexity index is 114. The third kappa shape index (κ3) is 727. The van der Waals surface area contributed by atoms with Crippen LogP contribution in [0.2, 0.25) is 0 Å². The summed E-state index contributed by atoms with van der Waals surface area (Å²) in [6.07, 6.45) is 0. The van der Waals surface area contributed by atoms with Crippen molar-refractivity contribution >= 4 is 18.8 Å². The van der Waals surface area contributed by atoms with Crippen LogP contribution < -0.4 is 118 Å². The monoisotopic (exact) mass is 384 g/mol. The van der Waals surface area contributed by atoms with Crippen LogP contribution in [0.4, 0.5) is 0 Å². The summed E-state index contributed by atoms with van der Waals surface area (Å²) in [4.78, 5) is 0. The van der Waals surface area contributed by atoms with Crippen molar-refractivity contribution in [1.29, 1.82) is 0 Å². The van der Waals surface area contributed by atoms with Gasteiger partial charge in [0.1, 0.15) is 0 Å². The quantitative estimate of drug-likeness (QED) is 0.223. The maximum Gasteiger partial charge on any atom is 1.00 e. The standard InChI is InChI=1S/BH4.4Na.H2O4S.10H2O.H/c;;;;;1-5(2,3)4;;;;;;;;;;;/h1H4;;;;;(H2,1,2,3,4);10*1H2;/q-1;4*+1;;;;;;;;;;;;-1/p-2. The van der Waals surface area contributed by atoms with Gasteiger partial charge in [0.25, 0.3) is 0 Å². The van der Waals surface area contributed by atoms with Crippen molar-refractivity contribution in [2.45, 2.75) is 0 Å². The van der Waals surface area contributed by atoms with Gasteiger partial charge in [-0.1, -0.05) is 8.41 Å². The summed E-state index contributed by atoms with van der Waals surface area (Å²) in [6.45, 7) is 0. The van der Waals surface area contributed by atoms with E-state index in [2.05, 4.69) is 0 Å². The number of rotatable bonds is 0. The summed E-state index contributed by atoms with van der Waals surface area (Å²) in [6, 6.07) is 0. The molecule has 0 aromatic carbocycles. The van der Waals surface area contributed by atoms with Gasteiger partial charge in [-0.15, -0.1) is 0 Å². The van der Waals surface area contributed by atoms with Crippen molar-refractivity contribution in [3.8, 4) is 0 Å². The predicted octanol–water partition coefficient (Wildman–Crippen LogP) is -22.9. The Morgan fingerprint density at radius 2 is 0.500 bits per heavy atom. The molecule has 0 heterocycles. The fraction of sp³-hybridized carbons (Fsp3) is 0. The maximum absolute atomic E-state index is 8.52. The van der Waals surface area contributed by atoms with Gasteiger partial charge in [-0.05, 0) is 0 Å². The van der Waals surface area contributed by atoms with Crippen LogP contribution in [-0.4, -0.2) is 80.7 Å². The summed E-state index contributed by atoms with van der Waals surface area (Å²) >= 11 is 0. The molecule has 0 aliphatic rings. The van der Waals surface area contributed by atoms with Crippen LogP contribution in [0, 0.1) is 0 Å². The molecule has 0 saturated heterocycles. The molecule has 0 rings (SSSR count). The first-order chi connectivity index (χ1) is 2.00. The van der Waals surface area contributed by atoms with Gasteiger partial charge in [-0.3, -0.25) is 8.42 Å². The first kappa shape index (κ1) is 211. The molecule has 0 saturated carbocycles. The van der Waals surface area contributed by atoms with Gasteiger partial charge >= 0.3 is 118 Å². The third-order valence-corrected chi connectivity index (χ3v) is 0. The Morgan fingerprint density at radius 3 is 0.500 bits per heavy atom. The topological polar surface area (TPSA) is 395 Å². The summed E-state index contributed by atoms with van der Waals surface area (Å²) in [7, 11) is -5.17. The molecule has 20 heavy (non-hydrogen) atoms. The molecule has 0 atom stereocenters. The van der Waals surface area contributed by atoms with Crippen molar-refractivity contribution in [3.05, 3.63) is 0 Å². The summed E-state index contributed by atoms with van der Waals surface area (Å²) in [5, 5.41) is 0. The first-order valence-corrected chi connectivity index (χ1v) is 2.00. The van der Waals surface area contributed by atoms with Crippen LogP contribution in [0.3, 0.4) is 0 Å². The smallest absolute Gasteiger partial charge is 1.00 e. The summed E-state index contributed by atoms with van der Waals surface area (Å²) < 4.78 is 34.1. The second-order valence-electron chi connectivity index (χ2n) is 0.408. The Balaban J connectivity index is -0.000000000667. The Morgan fingerprint density at radius 1 is 0.500 bits per heavy atom. The third-order valence-electron chi connectivity index (χ3n) is 0. The van der Waals surface area contributed by atoms with Gasteiger partial charge in [0.05, 0.1) is 0 Å². The van der Waals surface area contributed by atoms with Crippen LogP contribution >= 0.6 is 0 Å². The molecule has 20 N–H and O–H groups in total. The van der Waals surface area contributed by atoms with E-state index in [1.807, 2.05) is 0 Å². The van der Waals surface area contributed by atoms with Crippen molar-refractivity contribution in [2.75, 3.05) is 0 Å². The molecule has 0 aliphatic carbocycles. The molecular formula is H25BNa4O14S. The van der Waals surface area contributed by atoms with E-state index < -0.39 is 10.4 Å². The Kier molecular flexibility index (Phi) is 1210. The van der Waals surface area contributed by atoms with E-state index in [1.54, 1.807) is 0 Å². The van der Waals surface area contributed by atoms with Crippen LogP contribution in [0.15, 0.2) is 0 Å². The number of hydrogen-bond donors (Lipinski definition) is 0. The van der Waals surface area contributed by atoms with Crippen molar-refractivity contribution in [1.82, 2.24) is 0 Å². The van der Waals surface area contributed by atoms with Crippen molar-refractivity contribution < 1.29 is 192 Å². The Labute approximate surface area is 207 Å². The second-order valence-corrected chi connectivity index (χ2v) is 1.22. The van der Waals surface area contributed by atoms with E-state index in [-0.39, 0.29) is 183 Å². The zero-order chi connectivity index (χ0) is 4.50. The molecule has 0 radical (unpaired) electrons. The van der Waals surface area contributed by atoms with Crippen LogP contribution in [0.5, 0.6) is 0 Å². The van der Waals surface area contributed by atoms with E-state index in [0.29, 0.717) is 0 Å². The van der Waals surface area contributed by atoms with E-state index in [4.69, 9.17) is 17.5 Å². The SMILES string of the molecule is O.O.O.O.O.O.O.O.O.O.O=S(=O)([O-])[O-].[BH4-].[H-].[Na+].[Na+].[Na+].[Na+]. The fourth-order valence-corrected chi connectivity index (χ4v) is 0. The van der Waals surface area contributed by atoms with Crippen molar-refractivity contribution in [2.24, 2.45) is 0 Å². The van der Waals surface area contributed by atoms with Gasteiger partial charge in [-0.2, -0.15) is 0 Å². The maximum atomic E-state index is 8.52. The predicted molar refractivity (Wildman–Crippen MR) is 59.1 cm³/mol. The molecule has 0 spiro atoms. The van der Waals surface area contributed by atoms with Gasteiger partial charge in [-0.25, -0.2) is 0 Å². The summed E-state index contributed by atoms with van der Waals surface area (Å²) in [5.74, 6) is 0. The molecule has 20 heteroatoms. The molecule has 0 amide bonds. The van der Waals surface area contributed by atoms with Crippen LogP contribution in [-0.2, 0) is 10.4 Å². The van der Waals surface area contributed by atoms with Crippen LogP contribution in [0.25, 0.3) is 0 Å². The molecule has 0 bridgehead atoms. The normalized spacial score (nSPS) is 2.90. The second kappa shape index (κ2) is 115. The van der Waals surface area contributed by atoms with Gasteiger partial charge in [0, 0.05) is 10.4 Å². The zero-order valence-electron chi connectivity index (χ0n) is 12.0. The molecule has 14 nitrogen and oxygen atoms in total. The minimum Gasteiger partial charge on any atom is -1.00 e. The average Bonchev–Trinajstić information content (AvgIpc) is 0.722. The van der Waals surface area contributed by atoms with Gasteiger partial charge in [0.2, 0.25) is 0 Å². The molecule has 122 valence electrons. The first-order valence-electron chi connectivity index (χ1n) is 0.667. The minimum atomic E-state index is -5.17. The fourth-order valence-electron chi connectivity index (χ4n) is 0.